The summed E-state index contributed by atoms with van der Waals surface area (Å²) in [5.41, 5.74) is 1.86. The lowest BCUT2D eigenvalue weighted by Gasteiger charge is -2.21. The number of Topliss-reactive ketones (excluding diaryl/α,β-unsaturated/α-hetero) is 1. The van der Waals surface area contributed by atoms with Gasteiger partial charge in [-0.1, -0.05) is 56.3 Å². The van der Waals surface area contributed by atoms with Crippen LogP contribution in [0.3, 0.4) is 0 Å². The van der Waals surface area contributed by atoms with E-state index >= 15 is 0 Å². The fourth-order valence-corrected chi connectivity index (χ4v) is 2.46. The van der Waals surface area contributed by atoms with E-state index in [9.17, 15) is 14.4 Å². The Balaban J connectivity index is 1.97. The minimum atomic E-state index is -0.769. The number of carbonyl (C=O) groups excluding carboxylic acids is 3. The third kappa shape index (κ3) is 6.26. The van der Waals surface area contributed by atoms with Crippen LogP contribution in [0.2, 0.25) is 0 Å². The molecule has 0 aliphatic rings. The van der Waals surface area contributed by atoms with Crippen molar-refractivity contribution in [3.8, 4) is 0 Å². The number of hydrogen-bond donors (Lipinski definition) is 2. The Morgan fingerprint density at radius 3 is 2.33 bits per heavy atom. The maximum Gasteiger partial charge on any atom is 0.408 e. The fraction of sp³-hybridized carbons (Fsp3) is 0.286. The minimum Gasteiger partial charge on any atom is -0.445 e. The molecule has 0 bridgehead atoms. The molecule has 0 aromatic heterocycles. The van der Waals surface area contributed by atoms with Crippen LogP contribution >= 0.6 is 0 Å². The number of ether oxygens (including phenoxy) is 1. The lowest BCUT2D eigenvalue weighted by Crippen LogP contribution is -2.47. The predicted octanol–water partition coefficient (Wildman–Crippen LogP) is 3.78. The summed E-state index contributed by atoms with van der Waals surface area (Å²) >= 11 is 0. The number of ketones is 1. The van der Waals surface area contributed by atoms with E-state index in [2.05, 4.69) is 10.6 Å². The van der Waals surface area contributed by atoms with Gasteiger partial charge in [-0.05, 0) is 30.5 Å². The highest BCUT2D eigenvalue weighted by atomic mass is 16.5. The second kappa shape index (κ2) is 9.52. The zero-order valence-corrected chi connectivity index (χ0v) is 15.7. The first-order valence-electron chi connectivity index (χ1n) is 8.76. The Kier molecular flexibility index (Phi) is 7.11. The number of rotatable bonds is 7. The van der Waals surface area contributed by atoms with Crippen LogP contribution < -0.4 is 10.6 Å². The summed E-state index contributed by atoms with van der Waals surface area (Å²) in [6.45, 7) is 5.24. The zero-order valence-electron chi connectivity index (χ0n) is 15.7. The molecule has 0 spiro atoms. The van der Waals surface area contributed by atoms with Gasteiger partial charge in [0, 0.05) is 11.3 Å². The molecule has 2 N–H and O–H groups in total. The van der Waals surface area contributed by atoms with Crippen molar-refractivity contribution in [3.63, 3.8) is 0 Å². The van der Waals surface area contributed by atoms with Gasteiger partial charge in [-0.25, -0.2) is 4.79 Å². The second-order valence-corrected chi connectivity index (χ2v) is 6.55. The molecule has 0 aliphatic heterocycles. The number of hydrogen-bond acceptors (Lipinski definition) is 4. The monoisotopic (exact) mass is 368 g/mol. The highest BCUT2D eigenvalue weighted by molar-refractivity contribution is 5.99. The van der Waals surface area contributed by atoms with E-state index in [0.717, 1.165) is 5.56 Å². The van der Waals surface area contributed by atoms with Gasteiger partial charge in [0.05, 0.1) is 0 Å². The summed E-state index contributed by atoms with van der Waals surface area (Å²) in [5, 5.41) is 5.34. The van der Waals surface area contributed by atoms with Crippen LogP contribution in [0.25, 0.3) is 0 Å². The Morgan fingerprint density at radius 1 is 1.00 bits per heavy atom. The minimum absolute atomic E-state index is 0.0888. The maximum atomic E-state index is 12.6. The van der Waals surface area contributed by atoms with Crippen molar-refractivity contribution in [2.45, 2.75) is 33.4 Å². The van der Waals surface area contributed by atoms with E-state index in [-0.39, 0.29) is 24.2 Å². The molecule has 2 amide bonds. The molecule has 2 aromatic rings. The quantitative estimate of drug-likeness (QED) is 0.729. The molecule has 0 heterocycles. The van der Waals surface area contributed by atoms with Gasteiger partial charge in [-0.3, -0.25) is 9.59 Å². The summed E-state index contributed by atoms with van der Waals surface area (Å²) < 4.78 is 5.18. The molecule has 6 heteroatoms. The molecule has 0 aliphatic carbocycles. The summed E-state index contributed by atoms with van der Waals surface area (Å²) in [6.07, 6.45) is -0.662. The molecule has 27 heavy (non-hydrogen) atoms. The number of amides is 2. The molecule has 0 unspecified atom stereocenters. The average molecular weight is 368 g/mol. The number of anilines is 1. The van der Waals surface area contributed by atoms with Crippen molar-refractivity contribution in [2.24, 2.45) is 5.92 Å². The van der Waals surface area contributed by atoms with Gasteiger partial charge in [-0.2, -0.15) is 0 Å². The first-order valence-corrected chi connectivity index (χ1v) is 8.76. The molecule has 6 nitrogen and oxygen atoms in total. The molecule has 2 rings (SSSR count). The van der Waals surface area contributed by atoms with E-state index in [1.807, 2.05) is 44.2 Å². The molecule has 0 radical (unpaired) electrons. The molecule has 0 saturated carbocycles. The molecule has 1 atom stereocenters. The normalized spacial score (nSPS) is 11.6. The predicted molar refractivity (Wildman–Crippen MR) is 103 cm³/mol. The van der Waals surface area contributed by atoms with Crippen molar-refractivity contribution in [1.29, 1.82) is 0 Å². The lowest BCUT2D eigenvalue weighted by molar-refractivity contribution is -0.119. The smallest absolute Gasteiger partial charge is 0.408 e. The Labute approximate surface area is 158 Å². The number of carbonyl (C=O) groups is 3. The summed E-state index contributed by atoms with van der Waals surface area (Å²) in [5.74, 6) is -0.609. The van der Waals surface area contributed by atoms with Crippen LogP contribution in [0.5, 0.6) is 0 Å². The zero-order chi connectivity index (χ0) is 19.8. The summed E-state index contributed by atoms with van der Waals surface area (Å²) in [4.78, 5) is 36.1. The van der Waals surface area contributed by atoms with E-state index in [4.69, 9.17) is 4.74 Å². The van der Waals surface area contributed by atoms with Crippen LogP contribution in [-0.4, -0.2) is 23.8 Å². The van der Waals surface area contributed by atoms with E-state index in [0.29, 0.717) is 11.3 Å². The first kappa shape index (κ1) is 20.2. The molecule has 0 saturated heterocycles. The van der Waals surface area contributed by atoms with E-state index in [1.54, 1.807) is 24.3 Å². The number of alkyl carbamates (subject to hydrolysis) is 1. The van der Waals surface area contributed by atoms with Gasteiger partial charge >= 0.3 is 6.09 Å². The van der Waals surface area contributed by atoms with Crippen molar-refractivity contribution in [1.82, 2.24) is 5.32 Å². The van der Waals surface area contributed by atoms with Gasteiger partial charge in [0.1, 0.15) is 12.6 Å². The van der Waals surface area contributed by atoms with Crippen molar-refractivity contribution in [2.75, 3.05) is 5.32 Å². The first-order chi connectivity index (χ1) is 12.9. The third-order valence-electron chi connectivity index (χ3n) is 3.97. The van der Waals surface area contributed by atoms with Gasteiger partial charge < -0.3 is 15.4 Å². The lowest BCUT2D eigenvalue weighted by atomic mass is 10.0. The topological polar surface area (TPSA) is 84.5 Å². The SMILES string of the molecule is CC(=O)c1cccc(NC(=O)[C@@H](NC(=O)OCc2ccccc2)C(C)C)c1. The molecule has 0 fully saturated rings. The fourth-order valence-electron chi connectivity index (χ4n) is 2.46. The number of benzene rings is 2. The van der Waals surface area contributed by atoms with Crippen LogP contribution in [0, 0.1) is 5.92 Å². The number of nitrogens with one attached hydrogen (secondary N) is 2. The summed E-state index contributed by atoms with van der Waals surface area (Å²) in [6, 6.07) is 15.2. The highest BCUT2D eigenvalue weighted by Crippen LogP contribution is 2.13. The van der Waals surface area contributed by atoms with Crippen molar-refractivity contribution >= 4 is 23.5 Å². The Hall–Kier alpha value is -3.15. The third-order valence-corrected chi connectivity index (χ3v) is 3.97. The van der Waals surface area contributed by atoms with Gasteiger partial charge in [0.15, 0.2) is 5.78 Å². The van der Waals surface area contributed by atoms with Crippen molar-refractivity contribution in [3.05, 3.63) is 65.7 Å². The Morgan fingerprint density at radius 2 is 1.70 bits per heavy atom. The molecular formula is C21H24N2O4. The van der Waals surface area contributed by atoms with Crippen LogP contribution in [-0.2, 0) is 16.1 Å². The highest BCUT2D eigenvalue weighted by Gasteiger charge is 2.25. The molecule has 2 aromatic carbocycles. The van der Waals surface area contributed by atoms with Gasteiger partial charge in [0.25, 0.3) is 0 Å². The van der Waals surface area contributed by atoms with Crippen LogP contribution in [0.1, 0.15) is 36.7 Å². The van der Waals surface area contributed by atoms with Crippen molar-refractivity contribution < 1.29 is 19.1 Å². The second-order valence-electron chi connectivity index (χ2n) is 6.55. The largest absolute Gasteiger partial charge is 0.445 e. The maximum absolute atomic E-state index is 12.6. The van der Waals surface area contributed by atoms with Gasteiger partial charge in [0.2, 0.25) is 5.91 Å². The van der Waals surface area contributed by atoms with E-state index in [1.165, 1.54) is 6.92 Å². The van der Waals surface area contributed by atoms with Crippen LogP contribution in [0.4, 0.5) is 10.5 Å². The van der Waals surface area contributed by atoms with Crippen LogP contribution in [0.15, 0.2) is 54.6 Å². The Bertz CT molecular complexity index is 803. The molecule has 142 valence electrons. The van der Waals surface area contributed by atoms with E-state index < -0.39 is 12.1 Å². The standard InChI is InChI=1S/C21H24N2O4/c1-14(2)19(23-21(26)27-13-16-8-5-4-6-9-16)20(25)22-18-11-7-10-17(12-18)15(3)24/h4-12,14,19H,13H2,1-3H3,(H,22,25)(H,23,26)/t19-/m0/s1. The van der Waals surface area contributed by atoms with Gasteiger partial charge in [-0.15, -0.1) is 0 Å². The summed E-state index contributed by atoms with van der Waals surface area (Å²) in [7, 11) is 0. The average Bonchev–Trinajstić information content (AvgIpc) is 2.65. The molecular weight excluding hydrogens is 344 g/mol.